The van der Waals surface area contributed by atoms with Gasteiger partial charge in [0.05, 0.1) is 17.6 Å². The van der Waals surface area contributed by atoms with E-state index in [0.29, 0.717) is 11.1 Å². The maximum atomic E-state index is 12.0. The van der Waals surface area contributed by atoms with E-state index in [2.05, 4.69) is 10.1 Å². The van der Waals surface area contributed by atoms with Crippen LogP contribution in [0.25, 0.3) is 11.1 Å². The number of rotatable bonds is 4. The Morgan fingerprint density at radius 3 is 2.57 bits per heavy atom. The van der Waals surface area contributed by atoms with Crippen LogP contribution in [0, 0.1) is 0 Å². The molecule has 21 heavy (non-hydrogen) atoms. The van der Waals surface area contributed by atoms with Gasteiger partial charge in [0.25, 0.3) is 10.0 Å². The van der Waals surface area contributed by atoms with Crippen LogP contribution in [0.2, 0.25) is 0 Å². The Balaban J connectivity index is 2.48. The van der Waals surface area contributed by atoms with Crippen LogP contribution in [-0.4, -0.2) is 38.9 Å². The number of hydrogen-bond donors (Lipinski definition) is 2. The summed E-state index contributed by atoms with van der Waals surface area (Å²) in [6, 6.07) is 1.33. The Morgan fingerprint density at radius 2 is 2.00 bits per heavy atom. The molecule has 0 radical (unpaired) electrons. The minimum atomic E-state index is -3.55. The van der Waals surface area contributed by atoms with Crippen LogP contribution < -0.4 is 5.73 Å². The lowest BCUT2D eigenvalue weighted by Gasteiger charge is -2.06. The number of hydrogen-bond acceptors (Lipinski definition) is 6. The number of aromatic nitrogens is 3. The highest BCUT2D eigenvalue weighted by Gasteiger charge is 2.20. The minimum Gasteiger partial charge on any atom is -0.478 e. The summed E-state index contributed by atoms with van der Waals surface area (Å²) in [5.41, 5.74) is 6.19. The molecule has 9 heteroatoms. The van der Waals surface area contributed by atoms with E-state index in [-0.39, 0.29) is 11.4 Å². The van der Waals surface area contributed by atoms with E-state index in [1.807, 2.05) is 0 Å². The molecule has 0 atom stereocenters. The van der Waals surface area contributed by atoms with Crippen LogP contribution in [0.1, 0.15) is 24.2 Å². The Kier molecular flexibility index (Phi) is 3.69. The number of carboxylic acid groups (broad SMARTS) is 1. The molecule has 0 aliphatic carbocycles. The molecule has 0 aliphatic rings. The number of carbonyl (C=O) groups is 1. The largest absolute Gasteiger partial charge is 0.478 e. The third-order valence-electron chi connectivity index (χ3n) is 2.90. The molecule has 0 saturated carbocycles. The number of pyridine rings is 1. The lowest BCUT2D eigenvalue weighted by molar-refractivity contribution is 0.0697. The quantitative estimate of drug-likeness (QED) is 0.855. The average molecular weight is 310 g/mol. The van der Waals surface area contributed by atoms with Gasteiger partial charge in [-0.15, -0.1) is 0 Å². The summed E-state index contributed by atoms with van der Waals surface area (Å²) in [4.78, 5) is 14.8. The van der Waals surface area contributed by atoms with E-state index in [4.69, 9.17) is 10.8 Å². The Bertz CT molecular complexity index is 795. The van der Waals surface area contributed by atoms with E-state index in [0.717, 1.165) is 4.09 Å². The smallest absolute Gasteiger partial charge is 0.339 e. The summed E-state index contributed by atoms with van der Waals surface area (Å²) in [7, 11) is -3.55. The van der Waals surface area contributed by atoms with Crippen LogP contribution in [0.3, 0.4) is 0 Å². The third-order valence-corrected chi connectivity index (χ3v) is 4.81. The molecule has 0 unspecified atom stereocenters. The second-order valence-corrected chi connectivity index (χ2v) is 7.00. The standard InChI is InChI=1S/C12H14N4O4S/c1-7(2)21(19,20)16-6-9(5-15-16)8-3-10(12(17)18)11(13)14-4-8/h3-7H,1-2H3,(H2,13,14)(H,17,18). The van der Waals surface area contributed by atoms with Crippen molar-refractivity contribution in [3.8, 4) is 11.1 Å². The molecule has 0 aromatic carbocycles. The van der Waals surface area contributed by atoms with Crippen LogP contribution in [0.5, 0.6) is 0 Å². The third kappa shape index (κ3) is 2.72. The van der Waals surface area contributed by atoms with Crippen molar-refractivity contribution in [1.82, 2.24) is 14.2 Å². The molecule has 0 fully saturated rings. The molecule has 2 aromatic heterocycles. The lowest BCUT2D eigenvalue weighted by atomic mass is 10.1. The average Bonchev–Trinajstić information content (AvgIpc) is 2.89. The maximum Gasteiger partial charge on any atom is 0.339 e. The monoisotopic (exact) mass is 310 g/mol. The number of aromatic carboxylic acids is 1. The Hall–Kier alpha value is -2.42. The first-order valence-corrected chi connectivity index (χ1v) is 7.52. The van der Waals surface area contributed by atoms with Gasteiger partial charge in [0.2, 0.25) is 0 Å². The normalized spacial score (nSPS) is 11.8. The Labute approximate surface area is 121 Å². The van der Waals surface area contributed by atoms with Crippen molar-refractivity contribution in [3.63, 3.8) is 0 Å². The molecule has 3 N–H and O–H groups in total. The molecule has 112 valence electrons. The second-order valence-electron chi connectivity index (χ2n) is 4.66. The van der Waals surface area contributed by atoms with E-state index >= 15 is 0 Å². The minimum absolute atomic E-state index is 0.103. The summed E-state index contributed by atoms with van der Waals surface area (Å²) in [6.07, 6.45) is 4.01. The summed E-state index contributed by atoms with van der Waals surface area (Å²) in [6.45, 7) is 3.09. The molecule has 0 amide bonds. The van der Waals surface area contributed by atoms with Gasteiger partial charge in [-0.25, -0.2) is 18.2 Å². The van der Waals surface area contributed by atoms with Crippen molar-refractivity contribution in [2.24, 2.45) is 0 Å². The van der Waals surface area contributed by atoms with E-state index in [9.17, 15) is 13.2 Å². The summed E-state index contributed by atoms with van der Waals surface area (Å²) in [5, 5.41) is 12.2. The van der Waals surface area contributed by atoms with Gasteiger partial charge in [-0.2, -0.15) is 9.19 Å². The van der Waals surface area contributed by atoms with Crippen molar-refractivity contribution in [2.45, 2.75) is 19.1 Å². The van der Waals surface area contributed by atoms with Gasteiger partial charge in [0.15, 0.2) is 0 Å². The molecule has 0 saturated heterocycles. The first-order chi connectivity index (χ1) is 9.73. The van der Waals surface area contributed by atoms with E-state index < -0.39 is 21.2 Å². The molecule has 0 bridgehead atoms. The number of carboxylic acids is 1. The predicted molar refractivity (Wildman–Crippen MR) is 76.3 cm³/mol. The van der Waals surface area contributed by atoms with Gasteiger partial charge in [-0.3, -0.25) is 0 Å². The zero-order valence-electron chi connectivity index (χ0n) is 11.4. The van der Waals surface area contributed by atoms with Crippen molar-refractivity contribution < 1.29 is 18.3 Å². The van der Waals surface area contributed by atoms with E-state index in [1.54, 1.807) is 13.8 Å². The fraction of sp³-hybridized carbons (Fsp3) is 0.250. The molecule has 8 nitrogen and oxygen atoms in total. The highest BCUT2D eigenvalue weighted by molar-refractivity contribution is 7.90. The molecular formula is C12H14N4O4S. The van der Waals surface area contributed by atoms with Gasteiger partial charge in [0, 0.05) is 17.3 Å². The first kappa shape index (κ1) is 15.0. The van der Waals surface area contributed by atoms with Crippen molar-refractivity contribution in [3.05, 3.63) is 30.2 Å². The van der Waals surface area contributed by atoms with Crippen LogP contribution in [0.15, 0.2) is 24.7 Å². The Morgan fingerprint density at radius 1 is 1.33 bits per heavy atom. The van der Waals surface area contributed by atoms with Gasteiger partial charge < -0.3 is 10.8 Å². The number of nitrogens with two attached hydrogens (primary N) is 1. The molecule has 2 rings (SSSR count). The van der Waals surface area contributed by atoms with Crippen molar-refractivity contribution >= 4 is 21.8 Å². The van der Waals surface area contributed by atoms with Crippen LogP contribution in [0.4, 0.5) is 5.82 Å². The van der Waals surface area contributed by atoms with Crippen molar-refractivity contribution in [1.29, 1.82) is 0 Å². The fourth-order valence-corrected chi connectivity index (χ4v) is 2.48. The zero-order valence-corrected chi connectivity index (χ0v) is 12.2. The van der Waals surface area contributed by atoms with Crippen LogP contribution >= 0.6 is 0 Å². The van der Waals surface area contributed by atoms with Gasteiger partial charge >= 0.3 is 5.97 Å². The lowest BCUT2D eigenvalue weighted by Crippen LogP contribution is -2.22. The predicted octanol–water partition coefficient (Wildman–Crippen LogP) is 0.812. The highest BCUT2D eigenvalue weighted by Crippen LogP contribution is 2.22. The molecule has 2 aromatic rings. The summed E-state index contributed by atoms with van der Waals surface area (Å²) < 4.78 is 24.8. The molecule has 0 spiro atoms. The number of nitrogen functional groups attached to an aromatic ring is 1. The van der Waals surface area contributed by atoms with Crippen molar-refractivity contribution in [2.75, 3.05) is 5.73 Å². The fourth-order valence-electron chi connectivity index (χ4n) is 1.61. The highest BCUT2D eigenvalue weighted by atomic mass is 32.2. The number of nitrogens with zero attached hydrogens (tertiary/aromatic N) is 3. The topological polar surface area (TPSA) is 128 Å². The number of anilines is 1. The SMILES string of the molecule is CC(C)S(=O)(=O)n1cc(-c2cnc(N)c(C(=O)O)c2)cn1. The van der Waals surface area contributed by atoms with E-state index in [1.165, 1.54) is 24.7 Å². The van der Waals surface area contributed by atoms with Gasteiger partial charge in [0.1, 0.15) is 11.4 Å². The summed E-state index contributed by atoms with van der Waals surface area (Å²) in [5.74, 6) is -1.31. The molecular weight excluding hydrogens is 296 g/mol. The molecule has 0 aliphatic heterocycles. The van der Waals surface area contributed by atoms with Gasteiger partial charge in [-0.05, 0) is 19.9 Å². The zero-order chi connectivity index (χ0) is 15.8. The summed E-state index contributed by atoms with van der Waals surface area (Å²) >= 11 is 0. The second kappa shape index (κ2) is 5.17. The van der Waals surface area contributed by atoms with Crippen LogP contribution in [-0.2, 0) is 10.0 Å². The maximum absolute atomic E-state index is 12.0. The first-order valence-electron chi connectivity index (χ1n) is 6.01. The molecule has 2 heterocycles. The van der Waals surface area contributed by atoms with Gasteiger partial charge in [-0.1, -0.05) is 0 Å².